The Kier molecular flexibility index (Phi) is 4.28. The molecule has 7 heteroatoms. The van der Waals surface area contributed by atoms with Gasteiger partial charge in [-0.2, -0.15) is 12.8 Å². The van der Waals surface area contributed by atoms with Gasteiger partial charge in [-0.25, -0.2) is 4.39 Å². The Morgan fingerprint density at radius 2 is 2.00 bits per heavy atom. The monoisotopic (exact) mass is 305 g/mol. The summed E-state index contributed by atoms with van der Waals surface area (Å²) >= 11 is 0. The van der Waals surface area contributed by atoms with Crippen LogP contribution in [0, 0.1) is 5.82 Å². The molecule has 0 spiro atoms. The van der Waals surface area contributed by atoms with Gasteiger partial charge in [0.2, 0.25) is 0 Å². The van der Waals surface area contributed by atoms with E-state index in [1.54, 1.807) is 12.2 Å². The van der Waals surface area contributed by atoms with Crippen LogP contribution in [-0.2, 0) is 16.6 Å². The highest BCUT2D eigenvalue weighted by molar-refractivity contribution is 7.90. The number of halogens is 1. The van der Waals surface area contributed by atoms with E-state index in [-0.39, 0.29) is 11.3 Å². The lowest BCUT2D eigenvalue weighted by Gasteiger charge is -2.07. The van der Waals surface area contributed by atoms with Crippen molar-refractivity contribution in [3.63, 3.8) is 0 Å². The topological polar surface area (TPSA) is 96.4 Å². The summed E-state index contributed by atoms with van der Waals surface area (Å²) in [7, 11) is -4.24. The third-order valence-corrected chi connectivity index (χ3v) is 4.11. The fourth-order valence-electron chi connectivity index (χ4n) is 1.73. The smallest absolute Gasteiger partial charge is 0.285 e. The van der Waals surface area contributed by atoms with Gasteiger partial charge in [0.1, 0.15) is 10.7 Å². The number of rotatable bonds is 3. The number of benzene rings is 1. The quantitative estimate of drug-likeness (QED) is 0.843. The number of allylic oxidation sites excluding steroid dienone is 5. The van der Waals surface area contributed by atoms with Gasteiger partial charge in [0.05, 0.1) is 12.3 Å². The van der Waals surface area contributed by atoms with E-state index in [1.165, 1.54) is 24.3 Å². The van der Waals surface area contributed by atoms with Crippen molar-refractivity contribution in [2.45, 2.75) is 11.4 Å². The largest absolute Gasteiger partial charge is 0.763 e. The van der Waals surface area contributed by atoms with Crippen molar-refractivity contribution >= 4 is 21.6 Å². The maximum Gasteiger partial charge on any atom is 0.285 e. The summed E-state index contributed by atoms with van der Waals surface area (Å²) in [5.74, 6) is 0.961. The predicted molar refractivity (Wildman–Crippen MR) is 77.8 cm³/mol. The standard InChI is InChI=1S/C14H11FN3O2S/c15-12-6-5-10(8-16)7-14(12)21(19,20)18-13-4-2-1-3-11(13)9-17/h1-7H,8,16H2/q-1/p+1/b18-13-. The van der Waals surface area contributed by atoms with Gasteiger partial charge >= 0.3 is 0 Å². The summed E-state index contributed by atoms with van der Waals surface area (Å²) < 4.78 is 41.8. The van der Waals surface area contributed by atoms with Crippen molar-refractivity contribution in [3.05, 3.63) is 64.9 Å². The lowest BCUT2D eigenvalue weighted by atomic mass is 10.1. The van der Waals surface area contributed by atoms with E-state index in [1.807, 2.05) is 5.87 Å². The summed E-state index contributed by atoms with van der Waals surface area (Å²) in [5, 5.41) is 8.94. The molecule has 21 heavy (non-hydrogen) atoms. The zero-order chi connectivity index (χ0) is 15.5. The molecule has 0 unspecified atom stereocenters. The fraction of sp³-hybridized carbons (Fsp3) is 0.0714. The number of hydrogen-bond donors (Lipinski definition) is 1. The molecule has 1 aromatic rings. The number of hydrogen-bond acceptors (Lipinski definition) is 2. The number of sulfonamides is 1. The van der Waals surface area contributed by atoms with Gasteiger partial charge in [0.15, 0.2) is 0 Å². The minimum absolute atomic E-state index is 0.0144. The van der Waals surface area contributed by atoms with Crippen LogP contribution in [0.25, 0.3) is 5.41 Å². The van der Waals surface area contributed by atoms with Crippen LogP contribution >= 0.6 is 0 Å². The van der Waals surface area contributed by atoms with Crippen molar-refractivity contribution in [3.8, 4) is 0 Å². The van der Waals surface area contributed by atoms with Gasteiger partial charge < -0.3 is 11.1 Å². The number of quaternary nitrogens is 1. The predicted octanol–water partition coefficient (Wildman–Crippen LogP) is 0.989. The van der Waals surface area contributed by atoms with Crippen LogP contribution < -0.4 is 5.73 Å². The molecule has 1 aromatic carbocycles. The second-order valence-corrected chi connectivity index (χ2v) is 5.78. The van der Waals surface area contributed by atoms with E-state index >= 15 is 0 Å². The SMILES string of the molecule is [N-]=C=C1C=CC=C/C1=N/S(=O)(=O)c1cc(C[NH3+])ccc1F. The van der Waals surface area contributed by atoms with Crippen molar-refractivity contribution in [1.29, 1.82) is 0 Å². The molecule has 0 aromatic heterocycles. The molecular weight excluding hydrogens is 293 g/mol. The average molecular weight is 305 g/mol. The first-order chi connectivity index (χ1) is 9.97. The molecular formula is C14H12FN3O2S. The molecule has 0 aliphatic heterocycles. The van der Waals surface area contributed by atoms with E-state index in [2.05, 4.69) is 10.1 Å². The second-order valence-electron chi connectivity index (χ2n) is 4.21. The average Bonchev–Trinajstić information content (AvgIpc) is 2.47. The molecule has 0 atom stereocenters. The zero-order valence-electron chi connectivity index (χ0n) is 11.0. The minimum atomic E-state index is -4.24. The van der Waals surface area contributed by atoms with Crippen LogP contribution in [0.5, 0.6) is 0 Å². The van der Waals surface area contributed by atoms with Gasteiger partial charge in [-0.3, -0.25) is 5.87 Å². The highest BCUT2D eigenvalue weighted by Gasteiger charge is 2.20. The molecule has 0 radical (unpaired) electrons. The summed E-state index contributed by atoms with van der Waals surface area (Å²) in [4.78, 5) is -0.517. The maximum atomic E-state index is 13.8. The van der Waals surface area contributed by atoms with Crippen LogP contribution in [-0.4, -0.2) is 20.0 Å². The van der Waals surface area contributed by atoms with Gasteiger partial charge in [0, 0.05) is 11.1 Å². The van der Waals surface area contributed by atoms with Gasteiger partial charge in [-0.05, 0) is 24.3 Å². The van der Waals surface area contributed by atoms with Gasteiger partial charge in [-0.1, -0.05) is 18.2 Å². The van der Waals surface area contributed by atoms with Crippen molar-refractivity contribution in [2.75, 3.05) is 0 Å². The Bertz CT molecular complexity index is 817. The lowest BCUT2D eigenvalue weighted by molar-refractivity contribution is -0.386. The molecule has 0 amide bonds. The fourth-order valence-corrected chi connectivity index (χ4v) is 2.86. The molecule has 0 bridgehead atoms. The molecule has 0 saturated carbocycles. The third kappa shape index (κ3) is 3.22. The molecule has 5 nitrogen and oxygen atoms in total. The molecule has 3 N–H and O–H groups in total. The van der Waals surface area contributed by atoms with Gasteiger partial charge in [-0.15, -0.1) is 0 Å². The van der Waals surface area contributed by atoms with Crippen LogP contribution in [0.4, 0.5) is 4.39 Å². The Hall–Kier alpha value is -2.34. The normalized spacial score (nSPS) is 16.3. The highest BCUT2D eigenvalue weighted by Crippen LogP contribution is 2.20. The summed E-state index contributed by atoms with van der Waals surface area (Å²) in [6, 6.07) is 3.74. The molecule has 1 aliphatic rings. The first-order valence-corrected chi connectivity index (χ1v) is 7.47. The molecule has 1 aliphatic carbocycles. The Labute approximate surface area is 121 Å². The van der Waals surface area contributed by atoms with Crippen LogP contribution in [0.2, 0.25) is 0 Å². The lowest BCUT2D eigenvalue weighted by Crippen LogP contribution is -2.47. The van der Waals surface area contributed by atoms with E-state index in [9.17, 15) is 12.8 Å². The summed E-state index contributed by atoms with van der Waals surface area (Å²) in [6.07, 6.45) is 5.97. The first kappa shape index (κ1) is 15.1. The third-order valence-electron chi connectivity index (χ3n) is 2.81. The molecule has 0 fully saturated rings. The maximum absolute atomic E-state index is 13.8. The second kappa shape index (κ2) is 5.97. The van der Waals surface area contributed by atoms with E-state index < -0.39 is 20.7 Å². The minimum Gasteiger partial charge on any atom is -0.763 e. The first-order valence-electron chi connectivity index (χ1n) is 6.03. The zero-order valence-corrected chi connectivity index (χ0v) is 11.8. The molecule has 108 valence electrons. The van der Waals surface area contributed by atoms with Crippen LogP contribution in [0.3, 0.4) is 0 Å². The van der Waals surface area contributed by atoms with Gasteiger partial charge in [0.25, 0.3) is 10.0 Å². The summed E-state index contributed by atoms with van der Waals surface area (Å²) in [6.45, 7) is 0.331. The Balaban J connectivity index is 2.56. The van der Waals surface area contributed by atoms with Crippen LogP contribution in [0.15, 0.2) is 57.4 Å². The molecule has 0 heterocycles. The van der Waals surface area contributed by atoms with Crippen molar-refractivity contribution < 1.29 is 18.5 Å². The highest BCUT2D eigenvalue weighted by atomic mass is 32.2. The Morgan fingerprint density at radius 1 is 1.29 bits per heavy atom. The van der Waals surface area contributed by atoms with Crippen molar-refractivity contribution in [1.82, 2.24) is 0 Å². The van der Waals surface area contributed by atoms with Crippen LogP contribution in [0.1, 0.15) is 5.56 Å². The molecule has 2 rings (SSSR count). The summed E-state index contributed by atoms with van der Waals surface area (Å²) in [5.41, 5.74) is 4.30. The Morgan fingerprint density at radius 3 is 2.67 bits per heavy atom. The number of nitrogens with zero attached hydrogens (tertiary/aromatic N) is 2. The van der Waals surface area contributed by atoms with E-state index in [0.717, 1.165) is 6.07 Å². The van der Waals surface area contributed by atoms with Crippen molar-refractivity contribution in [2.24, 2.45) is 4.40 Å². The molecule has 0 saturated heterocycles. The van der Waals surface area contributed by atoms with E-state index in [0.29, 0.717) is 12.1 Å². The van der Waals surface area contributed by atoms with E-state index in [4.69, 9.17) is 5.41 Å².